The van der Waals surface area contributed by atoms with Crippen molar-refractivity contribution in [3.05, 3.63) is 0 Å². The van der Waals surface area contributed by atoms with E-state index in [9.17, 15) is 0 Å². The topological polar surface area (TPSA) is 0 Å². The van der Waals surface area contributed by atoms with Crippen LogP contribution in [0.25, 0.3) is 0 Å². The fourth-order valence-electron chi connectivity index (χ4n) is 0. The van der Waals surface area contributed by atoms with Crippen LogP contribution in [0.2, 0.25) is 18.1 Å². The molecule has 8 heavy (non-hydrogen) atoms. The van der Waals surface area contributed by atoms with E-state index in [0.717, 1.165) is 0 Å². The van der Waals surface area contributed by atoms with Gasteiger partial charge in [-0.15, -0.1) is 0 Å². The molecular formula is C6H15KSi. The van der Waals surface area contributed by atoms with Crippen LogP contribution in [-0.2, 0) is 0 Å². The van der Waals surface area contributed by atoms with Crippen molar-refractivity contribution < 1.29 is 51.4 Å². The van der Waals surface area contributed by atoms with Crippen LogP contribution in [0.4, 0.5) is 0 Å². The summed E-state index contributed by atoms with van der Waals surface area (Å²) in [5, 5.41) is 0.602. The smallest absolute Gasteiger partial charge is 0.260 e. The molecule has 0 aliphatic heterocycles. The van der Waals surface area contributed by atoms with E-state index in [4.69, 9.17) is 0 Å². The summed E-state index contributed by atoms with van der Waals surface area (Å²) in [4.78, 5) is 0. The zero-order chi connectivity index (χ0) is 6.08. The third-order valence-corrected chi connectivity index (χ3v) is 4.50. The van der Waals surface area contributed by atoms with Gasteiger partial charge >= 0.3 is 51.4 Å². The normalized spacial score (nSPS) is 11.2. The molecule has 0 radical (unpaired) electrons. The average molecular weight is 154 g/mol. The maximum absolute atomic E-state index is 2.35. The van der Waals surface area contributed by atoms with Gasteiger partial charge < -0.3 is 0 Å². The van der Waals surface area contributed by atoms with Crippen LogP contribution in [-0.4, -0.2) is 8.80 Å². The van der Waals surface area contributed by atoms with E-state index in [0.29, 0.717) is 5.04 Å². The van der Waals surface area contributed by atoms with Gasteiger partial charge in [0.15, 0.2) is 0 Å². The molecule has 0 saturated heterocycles. The predicted molar refractivity (Wildman–Crippen MR) is 37.2 cm³/mol. The van der Waals surface area contributed by atoms with Gasteiger partial charge in [0.25, 0.3) is 0 Å². The minimum Gasteiger partial charge on any atom is -0.260 e. The van der Waals surface area contributed by atoms with Gasteiger partial charge in [0.1, 0.15) is 0 Å². The Bertz CT molecular complexity index is 54.0. The average Bonchev–Trinajstić information content (AvgIpc) is 1.31. The molecule has 0 heterocycles. The van der Waals surface area contributed by atoms with Gasteiger partial charge in [0.2, 0.25) is 0 Å². The van der Waals surface area contributed by atoms with E-state index in [1.807, 2.05) is 0 Å². The molecule has 0 aliphatic rings. The van der Waals surface area contributed by atoms with Crippen LogP contribution in [0, 0.1) is 0 Å². The van der Waals surface area contributed by atoms with E-state index in [2.05, 4.69) is 33.9 Å². The molecule has 0 aromatic heterocycles. The Morgan fingerprint density at radius 1 is 1.00 bits per heavy atom. The molecule has 0 spiro atoms. The Labute approximate surface area is 97.5 Å². The van der Waals surface area contributed by atoms with Crippen molar-refractivity contribution in [3.63, 3.8) is 0 Å². The van der Waals surface area contributed by atoms with Crippen molar-refractivity contribution in [3.8, 4) is 0 Å². The summed E-state index contributed by atoms with van der Waals surface area (Å²) >= 11 is 0. The van der Waals surface area contributed by atoms with Crippen LogP contribution < -0.4 is 51.4 Å². The van der Waals surface area contributed by atoms with Crippen molar-refractivity contribution >= 4 is 8.80 Å². The summed E-state index contributed by atoms with van der Waals surface area (Å²) in [6.45, 7) is 11.6. The van der Waals surface area contributed by atoms with Gasteiger partial charge in [-0.2, -0.15) is 18.1 Å². The van der Waals surface area contributed by atoms with Gasteiger partial charge in [-0.3, -0.25) is 8.80 Å². The van der Waals surface area contributed by atoms with Crippen LogP contribution >= 0.6 is 0 Å². The van der Waals surface area contributed by atoms with Crippen LogP contribution in [0.5, 0.6) is 0 Å². The summed E-state index contributed by atoms with van der Waals surface area (Å²) in [6, 6.07) is 0. The third kappa shape index (κ3) is 5.98. The molecular weight excluding hydrogens is 139 g/mol. The molecule has 0 bridgehead atoms. The molecule has 0 N–H and O–H groups in total. The van der Waals surface area contributed by atoms with Crippen LogP contribution in [0.3, 0.4) is 0 Å². The van der Waals surface area contributed by atoms with Crippen LogP contribution in [0.15, 0.2) is 0 Å². The minimum atomic E-state index is -0.0502. The van der Waals surface area contributed by atoms with Gasteiger partial charge in [-0.05, 0) is 0 Å². The Kier molecular flexibility index (Phi) is 7.26. The molecule has 0 unspecified atom stereocenters. The molecule has 44 valence electrons. The summed E-state index contributed by atoms with van der Waals surface area (Å²) in [5.74, 6) is 0. The molecule has 0 atom stereocenters. The zero-order valence-electron chi connectivity index (χ0n) is 7.00. The standard InChI is InChI=1S/C6H15Si.K/c1-6(2,3)7(4)5;/h1-5H3;/q-1;+1. The first kappa shape index (κ1) is 12.5. The van der Waals surface area contributed by atoms with Crippen molar-refractivity contribution in [1.29, 1.82) is 0 Å². The number of rotatable bonds is 0. The molecule has 0 aromatic carbocycles. The summed E-state index contributed by atoms with van der Waals surface area (Å²) < 4.78 is 0. The fourth-order valence-corrected chi connectivity index (χ4v) is 0. The first-order valence-corrected chi connectivity index (χ1v) is 5.25. The van der Waals surface area contributed by atoms with Gasteiger partial charge in [-0.25, -0.2) is 0 Å². The second kappa shape index (κ2) is 4.64. The maximum Gasteiger partial charge on any atom is 1.00 e. The van der Waals surface area contributed by atoms with Crippen molar-refractivity contribution in [2.75, 3.05) is 0 Å². The first-order chi connectivity index (χ1) is 2.94. The summed E-state index contributed by atoms with van der Waals surface area (Å²) in [6.07, 6.45) is 0. The predicted octanol–water partition coefficient (Wildman–Crippen LogP) is -0.455. The van der Waals surface area contributed by atoms with Crippen molar-refractivity contribution in [2.24, 2.45) is 0 Å². The van der Waals surface area contributed by atoms with E-state index >= 15 is 0 Å². The number of hydrogen-bond donors (Lipinski definition) is 0. The molecule has 0 aliphatic carbocycles. The SMILES string of the molecule is C[Si-](C)C(C)(C)C.[K+]. The molecule has 0 nitrogen and oxygen atoms in total. The van der Waals surface area contributed by atoms with Crippen molar-refractivity contribution in [2.45, 2.75) is 38.9 Å². The third-order valence-electron chi connectivity index (χ3n) is 1.50. The largest absolute Gasteiger partial charge is 1.00 e. The summed E-state index contributed by atoms with van der Waals surface area (Å²) in [5.41, 5.74) is 0. The Morgan fingerprint density at radius 3 is 1.12 bits per heavy atom. The van der Waals surface area contributed by atoms with Crippen molar-refractivity contribution in [1.82, 2.24) is 0 Å². The monoisotopic (exact) mass is 154 g/mol. The van der Waals surface area contributed by atoms with Gasteiger partial charge in [0, 0.05) is 0 Å². The molecule has 2 heteroatoms. The maximum atomic E-state index is 2.35. The molecule has 0 aromatic rings. The molecule has 0 saturated carbocycles. The Balaban J connectivity index is 0. The quantitative estimate of drug-likeness (QED) is 0.415. The number of hydrogen-bond acceptors (Lipinski definition) is 0. The fraction of sp³-hybridized carbons (Fsp3) is 1.00. The minimum absolute atomic E-state index is 0. The zero-order valence-corrected chi connectivity index (χ0v) is 11.1. The Morgan fingerprint density at radius 2 is 1.12 bits per heavy atom. The molecule has 0 rings (SSSR count). The van der Waals surface area contributed by atoms with Crippen LogP contribution in [0.1, 0.15) is 20.8 Å². The summed E-state index contributed by atoms with van der Waals surface area (Å²) in [7, 11) is -0.0502. The van der Waals surface area contributed by atoms with Gasteiger partial charge in [-0.1, -0.05) is 20.8 Å². The second-order valence-corrected chi connectivity index (χ2v) is 6.75. The van der Waals surface area contributed by atoms with E-state index < -0.39 is 0 Å². The van der Waals surface area contributed by atoms with Gasteiger partial charge in [0.05, 0.1) is 0 Å². The molecule has 0 fully saturated rings. The van der Waals surface area contributed by atoms with E-state index in [1.54, 1.807) is 0 Å². The first-order valence-electron chi connectivity index (χ1n) is 2.75. The van der Waals surface area contributed by atoms with E-state index in [-0.39, 0.29) is 60.2 Å². The molecule has 0 amide bonds. The Hall–Kier alpha value is 1.85. The van der Waals surface area contributed by atoms with E-state index in [1.165, 1.54) is 0 Å². The second-order valence-electron chi connectivity index (χ2n) is 3.25.